The number of hydrogen-bond acceptors (Lipinski definition) is 8. The Bertz CT molecular complexity index is 328. The van der Waals surface area contributed by atoms with Crippen molar-refractivity contribution in [1.82, 2.24) is 0 Å². The Morgan fingerprint density at radius 1 is 0.652 bits per heavy atom. The Morgan fingerprint density at radius 2 is 1.00 bits per heavy atom. The lowest BCUT2D eigenvalue weighted by molar-refractivity contribution is 0.0254. The third kappa shape index (κ3) is 10.4. The average Bonchev–Trinajstić information content (AvgIpc) is 2.31. The molecule has 0 fully saturated rings. The van der Waals surface area contributed by atoms with Crippen LogP contribution >= 0.6 is 0 Å². The first-order valence-corrected chi connectivity index (χ1v) is 19.4. The maximum atomic E-state index is 10.6. The molecule has 0 aromatic rings. The second kappa shape index (κ2) is 8.92. The van der Waals surface area contributed by atoms with Crippen molar-refractivity contribution in [2.75, 3.05) is 21.3 Å². The lowest BCUT2D eigenvalue weighted by Gasteiger charge is -2.35. The molecule has 0 radical (unpaired) electrons. The first-order chi connectivity index (χ1) is 10.2. The average molecular weight is 421 g/mol. The van der Waals surface area contributed by atoms with Gasteiger partial charge in [0.2, 0.25) is 0 Å². The van der Waals surface area contributed by atoms with E-state index in [4.69, 9.17) is 29.7 Å². The van der Waals surface area contributed by atoms with Crippen LogP contribution in [0.25, 0.3) is 0 Å². The fourth-order valence-corrected chi connectivity index (χ4v) is 13.4. The standard InChI is InChI=1S/C10H32O8Si5/c1-12-23(13-2,14-3)18-22(10,11)17-19(15-20(4,5)6)16-21(7,8)9/h11,19H,1-10H3. The van der Waals surface area contributed by atoms with Gasteiger partial charge < -0.3 is 34.5 Å². The van der Waals surface area contributed by atoms with Gasteiger partial charge in [-0.1, -0.05) is 0 Å². The van der Waals surface area contributed by atoms with Crippen LogP contribution in [-0.4, -0.2) is 70.1 Å². The van der Waals surface area contributed by atoms with Crippen molar-refractivity contribution >= 4 is 44.0 Å². The van der Waals surface area contributed by atoms with E-state index in [0.717, 1.165) is 0 Å². The van der Waals surface area contributed by atoms with Gasteiger partial charge in [0.15, 0.2) is 16.6 Å². The molecule has 0 amide bonds. The first kappa shape index (κ1) is 23.8. The van der Waals surface area contributed by atoms with Gasteiger partial charge in [0.25, 0.3) is 0 Å². The predicted octanol–water partition coefficient (Wildman–Crippen LogP) is 1.38. The third-order valence-corrected chi connectivity index (χ3v) is 16.0. The van der Waals surface area contributed by atoms with E-state index < -0.39 is 44.0 Å². The zero-order valence-electron chi connectivity index (χ0n) is 15.9. The van der Waals surface area contributed by atoms with Gasteiger partial charge in [-0.2, -0.15) is 0 Å². The van der Waals surface area contributed by atoms with Crippen LogP contribution in [0.4, 0.5) is 0 Å². The summed E-state index contributed by atoms with van der Waals surface area (Å²) in [4.78, 5) is 10.6. The maximum Gasteiger partial charge on any atom is 0.671 e. The van der Waals surface area contributed by atoms with Crippen LogP contribution in [0.3, 0.4) is 0 Å². The summed E-state index contributed by atoms with van der Waals surface area (Å²) in [6.45, 7) is 13.7. The van der Waals surface area contributed by atoms with Crippen LogP contribution in [0.1, 0.15) is 0 Å². The van der Waals surface area contributed by atoms with Gasteiger partial charge in [0.05, 0.1) is 0 Å². The van der Waals surface area contributed by atoms with E-state index in [9.17, 15) is 4.80 Å². The molecule has 0 aliphatic heterocycles. The van der Waals surface area contributed by atoms with E-state index in [0.29, 0.717) is 0 Å². The van der Waals surface area contributed by atoms with Crippen LogP contribution in [0, 0.1) is 0 Å². The summed E-state index contributed by atoms with van der Waals surface area (Å²) in [5.41, 5.74) is 0. The van der Waals surface area contributed by atoms with E-state index in [-0.39, 0.29) is 0 Å². The molecule has 8 nitrogen and oxygen atoms in total. The van der Waals surface area contributed by atoms with Crippen LogP contribution < -0.4 is 0 Å². The van der Waals surface area contributed by atoms with Crippen molar-refractivity contribution < 1.29 is 34.5 Å². The Hall–Kier alpha value is 0.764. The molecule has 0 aliphatic carbocycles. The normalized spacial score (nSPS) is 16.7. The number of hydrogen-bond donors (Lipinski definition) is 1. The molecule has 1 N–H and O–H groups in total. The largest absolute Gasteiger partial charge is 0.671 e. The Labute approximate surface area is 146 Å². The van der Waals surface area contributed by atoms with E-state index in [1.54, 1.807) is 0 Å². The summed E-state index contributed by atoms with van der Waals surface area (Å²) in [5.74, 6) is 0. The van der Waals surface area contributed by atoms with E-state index in [1.807, 2.05) is 39.3 Å². The van der Waals surface area contributed by atoms with Crippen molar-refractivity contribution in [1.29, 1.82) is 0 Å². The Morgan fingerprint density at radius 3 is 1.26 bits per heavy atom. The van der Waals surface area contributed by atoms with Gasteiger partial charge in [0.1, 0.15) is 0 Å². The fourth-order valence-electron chi connectivity index (χ4n) is 1.46. The summed E-state index contributed by atoms with van der Waals surface area (Å²) < 4.78 is 38.9. The topological polar surface area (TPSA) is 84.8 Å². The summed E-state index contributed by atoms with van der Waals surface area (Å²) in [6, 6.07) is 0. The molecule has 0 heterocycles. The zero-order valence-corrected chi connectivity index (χ0v) is 21.0. The SMILES string of the molecule is CO[Si](OC)(OC)O[Si](C)(O)O[SiH](O[Si](C)(C)C)O[Si](C)(C)C. The second-order valence-electron chi connectivity index (χ2n) is 6.98. The van der Waals surface area contributed by atoms with Crippen LogP contribution in [-0.2, 0) is 29.7 Å². The molecule has 13 heteroatoms. The van der Waals surface area contributed by atoms with E-state index in [1.165, 1.54) is 27.9 Å². The Kier molecular flexibility index (Phi) is 9.22. The Balaban J connectivity index is 5.14. The molecule has 0 bridgehead atoms. The monoisotopic (exact) mass is 420 g/mol. The molecular formula is C10H32O8Si5. The minimum absolute atomic E-state index is 1.40. The van der Waals surface area contributed by atoms with Crippen molar-refractivity contribution in [3.8, 4) is 0 Å². The summed E-state index contributed by atoms with van der Waals surface area (Å²) in [5, 5.41) is 0. The molecule has 0 aliphatic rings. The minimum atomic E-state index is -3.62. The molecule has 0 aromatic carbocycles. The highest BCUT2D eigenvalue weighted by Gasteiger charge is 2.53. The molecule has 1 atom stereocenters. The zero-order chi connectivity index (χ0) is 18.5. The van der Waals surface area contributed by atoms with Gasteiger partial charge in [-0.05, 0) is 39.3 Å². The molecule has 140 valence electrons. The van der Waals surface area contributed by atoms with Gasteiger partial charge in [-0.3, -0.25) is 0 Å². The molecule has 23 heavy (non-hydrogen) atoms. The molecular weight excluding hydrogens is 389 g/mol. The predicted molar refractivity (Wildman–Crippen MR) is 98.8 cm³/mol. The van der Waals surface area contributed by atoms with Crippen molar-refractivity contribution in [3.05, 3.63) is 0 Å². The molecule has 0 aromatic heterocycles. The summed E-state index contributed by atoms with van der Waals surface area (Å²) in [7, 11) is -9.20. The quantitative estimate of drug-likeness (QED) is 0.502. The minimum Gasteiger partial charge on any atom is -0.419 e. The van der Waals surface area contributed by atoms with Crippen molar-refractivity contribution in [3.63, 3.8) is 0 Å². The van der Waals surface area contributed by atoms with Gasteiger partial charge >= 0.3 is 27.4 Å². The van der Waals surface area contributed by atoms with Crippen LogP contribution in [0.2, 0.25) is 45.8 Å². The van der Waals surface area contributed by atoms with Crippen molar-refractivity contribution in [2.24, 2.45) is 0 Å². The maximum absolute atomic E-state index is 10.6. The molecule has 0 rings (SSSR count). The summed E-state index contributed by atoms with van der Waals surface area (Å²) in [6.07, 6.45) is 0. The highest BCUT2D eigenvalue weighted by Crippen LogP contribution is 2.20. The van der Waals surface area contributed by atoms with Gasteiger partial charge in [-0.15, -0.1) is 0 Å². The first-order valence-electron chi connectivity index (χ1n) is 7.29. The number of rotatable bonds is 11. The lowest BCUT2D eigenvalue weighted by atomic mass is 11.8. The molecule has 1 unspecified atom stereocenters. The molecule has 0 saturated heterocycles. The smallest absolute Gasteiger partial charge is 0.419 e. The van der Waals surface area contributed by atoms with Crippen molar-refractivity contribution in [2.45, 2.75) is 45.8 Å². The lowest BCUT2D eigenvalue weighted by Crippen LogP contribution is -2.60. The van der Waals surface area contributed by atoms with E-state index >= 15 is 0 Å². The highest BCUT2D eigenvalue weighted by molar-refractivity contribution is 6.82. The van der Waals surface area contributed by atoms with Gasteiger partial charge in [0, 0.05) is 27.9 Å². The highest BCUT2D eigenvalue weighted by atomic mass is 28.5. The van der Waals surface area contributed by atoms with Gasteiger partial charge in [-0.25, -0.2) is 0 Å². The molecule has 0 spiro atoms. The fraction of sp³-hybridized carbons (Fsp3) is 1.00. The third-order valence-electron chi connectivity index (χ3n) is 2.28. The van der Waals surface area contributed by atoms with Crippen LogP contribution in [0.5, 0.6) is 0 Å². The van der Waals surface area contributed by atoms with Crippen LogP contribution in [0.15, 0.2) is 0 Å². The summed E-state index contributed by atoms with van der Waals surface area (Å²) >= 11 is 0. The second-order valence-corrected chi connectivity index (χ2v) is 23.7. The van der Waals surface area contributed by atoms with E-state index in [2.05, 4.69) is 0 Å². The molecule has 0 saturated carbocycles.